The van der Waals surface area contributed by atoms with Crippen LogP contribution in [-0.4, -0.2) is 38.0 Å². The van der Waals surface area contributed by atoms with Gasteiger partial charge < -0.3 is 15.1 Å². The van der Waals surface area contributed by atoms with E-state index in [1.165, 1.54) is 30.4 Å². The molecule has 1 saturated heterocycles. The molecular formula is C17H23N3O2. The highest BCUT2D eigenvalue weighted by molar-refractivity contribution is 5.97. The van der Waals surface area contributed by atoms with E-state index >= 15 is 0 Å². The van der Waals surface area contributed by atoms with Gasteiger partial charge >= 0.3 is 0 Å². The predicted octanol–water partition coefficient (Wildman–Crippen LogP) is 1.94. The second-order valence-corrected chi connectivity index (χ2v) is 5.41. The Balaban J connectivity index is 2.06. The summed E-state index contributed by atoms with van der Waals surface area (Å²) in [5, 5.41) is 2.68. The molecule has 1 aliphatic heterocycles. The molecule has 0 atom stereocenters. The van der Waals surface area contributed by atoms with Crippen LogP contribution in [0, 0.1) is 0 Å². The van der Waals surface area contributed by atoms with Crippen LogP contribution in [0.25, 0.3) is 0 Å². The summed E-state index contributed by atoms with van der Waals surface area (Å²) in [6.07, 6.45) is 4.07. The monoisotopic (exact) mass is 301 g/mol. The van der Waals surface area contributed by atoms with Crippen molar-refractivity contribution in [1.82, 2.24) is 5.32 Å². The Kier molecular flexibility index (Phi) is 5.58. The molecule has 0 bridgehead atoms. The third-order valence-corrected chi connectivity index (χ3v) is 3.76. The molecule has 0 aliphatic carbocycles. The standard InChI is InChI=1S/C17H23N3O2/c1-3-10-18-17(22)13-20(14(2)21)16-8-6-15(7-9-16)19-11-4-5-12-19/h3,6-9H,1,4-5,10-13H2,2H3,(H,18,22). The molecule has 1 aromatic carbocycles. The van der Waals surface area contributed by atoms with Gasteiger partial charge in [-0.25, -0.2) is 0 Å². The third-order valence-electron chi connectivity index (χ3n) is 3.76. The van der Waals surface area contributed by atoms with E-state index < -0.39 is 0 Å². The SMILES string of the molecule is C=CCNC(=O)CN(C(C)=O)c1ccc(N2CCCC2)cc1. The number of nitrogens with one attached hydrogen (secondary N) is 1. The minimum Gasteiger partial charge on any atom is -0.372 e. The van der Waals surface area contributed by atoms with Gasteiger partial charge in [-0.2, -0.15) is 0 Å². The zero-order valence-electron chi connectivity index (χ0n) is 13.0. The summed E-state index contributed by atoms with van der Waals surface area (Å²) in [4.78, 5) is 27.4. The topological polar surface area (TPSA) is 52.7 Å². The predicted molar refractivity (Wildman–Crippen MR) is 89.1 cm³/mol. The smallest absolute Gasteiger partial charge is 0.240 e. The van der Waals surface area contributed by atoms with Crippen molar-refractivity contribution in [1.29, 1.82) is 0 Å². The molecule has 1 aromatic rings. The number of benzene rings is 1. The molecule has 1 heterocycles. The summed E-state index contributed by atoms with van der Waals surface area (Å²) in [5.41, 5.74) is 1.91. The summed E-state index contributed by atoms with van der Waals surface area (Å²) in [5.74, 6) is -0.346. The first kappa shape index (κ1) is 16.1. The van der Waals surface area contributed by atoms with Gasteiger partial charge in [0.15, 0.2) is 0 Å². The number of anilines is 2. The molecule has 5 heteroatoms. The van der Waals surface area contributed by atoms with Crippen LogP contribution in [0.3, 0.4) is 0 Å². The molecule has 1 fully saturated rings. The van der Waals surface area contributed by atoms with Crippen molar-refractivity contribution in [2.75, 3.05) is 36.0 Å². The van der Waals surface area contributed by atoms with Crippen molar-refractivity contribution in [2.24, 2.45) is 0 Å². The molecule has 0 aromatic heterocycles. The highest BCUT2D eigenvalue weighted by atomic mass is 16.2. The van der Waals surface area contributed by atoms with Gasteiger partial charge in [0.05, 0.1) is 0 Å². The average Bonchev–Trinajstić information content (AvgIpc) is 3.05. The summed E-state index contributed by atoms with van der Waals surface area (Å²) >= 11 is 0. The summed E-state index contributed by atoms with van der Waals surface area (Å²) < 4.78 is 0. The number of rotatable bonds is 6. The first-order valence-corrected chi connectivity index (χ1v) is 7.62. The van der Waals surface area contributed by atoms with E-state index in [-0.39, 0.29) is 18.4 Å². The first-order valence-electron chi connectivity index (χ1n) is 7.62. The fourth-order valence-corrected chi connectivity index (χ4v) is 2.59. The number of nitrogens with zero attached hydrogens (tertiary/aromatic N) is 2. The lowest BCUT2D eigenvalue weighted by atomic mass is 10.2. The third kappa shape index (κ3) is 4.10. The van der Waals surface area contributed by atoms with Crippen molar-refractivity contribution >= 4 is 23.2 Å². The number of hydrogen-bond acceptors (Lipinski definition) is 3. The van der Waals surface area contributed by atoms with E-state index in [4.69, 9.17) is 0 Å². The zero-order valence-corrected chi connectivity index (χ0v) is 13.0. The number of carbonyl (C=O) groups excluding carboxylic acids is 2. The van der Waals surface area contributed by atoms with Gasteiger partial charge in [0.2, 0.25) is 11.8 Å². The Labute approximate surface area is 131 Å². The van der Waals surface area contributed by atoms with Gasteiger partial charge in [0.25, 0.3) is 0 Å². The molecule has 5 nitrogen and oxygen atoms in total. The van der Waals surface area contributed by atoms with Crippen LogP contribution in [0.4, 0.5) is 11.4 Å². The Morgan fingerprint density at radius 2 is 1.91 bits per heavy atom. The van der Waals surface area contributed by atoms with Gasteiger partial charge in [0, 0.05) is 37.9 Å². The second-order valence-electron chi connectivity index (χ2n) is 5.41. The number of hydrogen-bond donors (Lipinski definition) is 1. The average molecular weight is 301 g/mol. The Morgan fingerprint density at radius 1 is 1.27 bits per heavy atom. The van der Waals surface area contributed by atoms with Crippen molar-refractivity contribution < 1.29 is 9.59 Å². The maximum Gasteiger partial charge on any atom is 0.240 e. The van der Waals surface area contributed by atoms with E-state index in [2.05, 4.69) is 16.8 Å². The summed E-state index contributed by atoms with van der Waals surface area (Å²) in [6, 6.07) is 7.82. The minimum absolute atomic E-state index is 0.0201. The van der Waals surface area contributed by atoms with Crippen molar-refractivity contribution in [3.05, 3.63) is 36.9 Å². The summed E-state index contributed by atoms with van der Waals surface area (Å²) in [6.45, 7) is 7.61. The Morgan fingerprint density at radius 3 is 2.45 bits per heavy atom. The highest BCUT2D eigenvalue weighted by Gasteiger charge is 2.17. The first-order chi connectivity index (χ1) is 10.6. The van der Waals surface area contributed by atoms with Gasteiger partial charge in [-0.1, -0.05) is 6.08 Å². The van der Waals surface area contributed by atoms with Crippen LogP contribution in [0.15, 0.2) is 36.9 Å². The van der Waals surface area contributed by atoms with Crippen LogP contribution in [0.1, 0.15) is 19.8 Å². The van der Waals surface area contributed by atoms with Crippen LogP contribution < -0.4 is 15.1 Å². The molecule has 22 heavy (non-hydrogen) atoms. The lowest BCUT2D eigenvalue weighted by Gasteiger charge is -2.22. The molecule has 0 spiro atoms. The maximum absolute atomic E-state index is 11.8. The van der Waals surface area contributed by atoms with Crippen molar-refractivity contribution in [2.45, 2.75) is 19.8 Å². The molecule has 0 unspecified atom stereocenters. The van der Waals surface area contributed by atoms with Gasteiger partial charge in [-0.3, -0.25) is 9.59 Å². The molecule has 0 saturated carbocycles. The van der Waals surface area contributed by atoms with Crippen LogP contribution in [0.5, 0.6) is 0 Å². The van der Waals surface area contributed by atoms with Gasteiger partial charge in [0.1, 0.15) is 6.54 Å². The van der Waals surface area contributed by atoms with Crippen LogP contribution in [0.2, 0.25) is 0 Å². The van der Waals surface area contributed by atoms with Crippen LogP contribution >= 0.6 is 0 Å². The van der Waals surface area contributed by atoms with E-state index in [1.54, 1.807) is 6.08 Å². The molecule has 118 valence electrons. The van der Waals surface area contributed by atoms with Crippen molar-refractivity contribution in [3.63, 3.8) is 0 Å². The molecule has 0 radical (unpaired) electrons. The Bertz CT molecular complexity index is 533. The molecule has 1 N–H and O–H groups in total. The normalized spacial score (nSPS) is 13.8. The van der Waals surface area contributed by atoms with E-state index in [0.717, 1.165) is 18.8 Å². The fraction of sp³-hybridized carbons (Fsp3) is 0.412. The van der Waals surface area contributed by atoms with E-state index in [0.29, 0.717) is 6.54 Å². The lowest BCUT2D eigenvalue weighted by molar-refractivity contribution is -0.122. The van der Waals surface area contributed by atoms with Crippen molar-refractivity contribution in [3.8, 4) is 0 Å². The number of carbonyl (C=O) groups is 2. The van der Waals surface area contributed by atoms with Crippen LogP contribution in [-0.2, 0) is 9.59 Å². The van der Waals surface area contributed by atoms with Gasteiger partial charge in [-0.15, -0.1) is 6.58 Å². The molecule has 2 amide bonds. The number of amides is 2. The fourth-order valence-electron chi connectivity index (χ4n) is 2.59. The Hall–Kier alpha value is -2.30. The zero-order chi connectivity index (χ0) is 15.9. The van der Waals surface area contributed by atoms with E-state index in [1.807, 2.05) is 24.3 Å². The van der Waals surface area contributed by atoms with Gasteiger partial charge in [-0.05, 0) is 37.1 Å². The largest absolute Gasteiger partial charge is 0.372 e. The quantitative estimate of drug-likeness (QED) is 0.817. The highest BCUT2D eigenvalue weighted by Crippen LogP contribution is 2.23. The summed E-state index contributed by atoms with van der Waals surface area (Å²) in [7, 11) is 0. The molecule has 1 aliphatic rings. The second kappa shape index (κ2) is 7.64. The molecule has 2 rings (SSSR count). The molecular weight excluding hydrogens is 278 g/mol. The maximum atomic E-state index is 11.8. The minimum atomic E-state index is -0.196. The lowest BCUT2D eigenvalue weighted by Crippen LogP contribution is -2.39. The van der Waals surface area contributed by atoms with E-state index in [9.17, 15) is 9.59 Å².